The number of ketones is 1. The van der Waals surface area contributed by atoms with Crippen LogP contribution < -0.4 is 10.6 Å². The molecule has 4 aromatic rings. The zero-order valence-electron chi connectivity index (χ0n) is 19.3. The van der Waals surface area contributed by atoms with Crippen LogP contribution in [0.4, 0.5) is 17.2 Å². The first-order valence-corrected chi connectivity index (χ1v) is 11.2. The normalized spacial score (nSPS) is 14.5. The lowest BCUT2D eigenvalue weighted by atomic mass is 9.76. The molecule has 1 aliphatic rings. The Balaban J connectivity index is 1.55. The van der Waals surface area contributed by atoms with E-state index in [4.69, 9.17) is 0 Å². The quantitative estimate of drug-likeness (QED) is 0.395. The number of amides is 1. The minimum Gasteiger partial charge on any atom is -0.356 e. The summed E-state index contributed by atoms with van der Waals surface area (Å²) in [7, 11) is 1.76. The summed E-state index contributed by atoms with van der Waals surface area (Å²) >= 11 is 0. The van der Waals surface area contributed by atoms with Gasteiger partial charge in [-0.25, -0.2) is 4.98 Å². The van der Waals surface area contributed by atoms with E-state index >= 15 is 0 Å². The average molecular weight is 455 g/mol. The van der Waals surface area contributed by atoms with Gasteiger partial charge in [-0.15, -0.1) is 0 Å². The number of para-hydroxylation sites is 1. The van der Waals surface area contributed by atoms with E-state index in [2.05, 4.69) is 39.5 Å². The summed E-state index contributed by atoms with van der Waals surface area (Å²) in [5.74, 6) is 0.179. The van der Waals surface area contributed by atoms with Gasteiger partial charge < -0.3 is 15.6 Å². The number of aryl methyl sites for hydroxylation is 1. The van der Waals surface area contributed by atoms with E-state index in [1.165, 1.54) is 0 Å². The number of nitrogens with one attached hydrogen (secondary N) is 3. The lowest BCUT2D eigenvalue weighted by Gasteiger charge is -2.28. The van der Waals surface area contributed by atoms with Crippen LogP contribution in [0.1, 0.15) is 46.8 Å². The van der Waals surface area contributed by atoms with Crippen molar-refractivity contribution in [2.75, 3.05) is 10.6 Å². The minimum atomic E-state index is -0.337. The Kier molecular flexibility index (Phi) is 5.28. The zero-order chi connectivity index (χ0) is 23.9. The zero-order valence-corrected chi connectivity index (χ0v) is 19.3. The van der Waals surface area contributed by atoms with Gasteiger partial charge in [0, 0.05) is 42.8 Å². The van der Waals surface area contributed by atoms with Crippen LogP contribution in [0, 0.1) is 5.41 Å². The molecule has 0 radical (unpaired) electrons. The van der Waals surface area contributed by atoms with E-state index in [1.54, 1.807) is 36.3 Å². The van der Waals surface area contributed by atoms with Crippen LogP contribution in [0.2, 0.25) is 0 Å². The van der Waals surface area contributed by atoms with Crippen LogP contribution >= 0.6 is 0 Å². The van der Waals surface area contributed by atoms with Gasteiger partial charge in [-0.1, -0.05) is 32.0 Å². The van der Waals surface area contributed by atoms with Crippen molar-refractivity contribution < 1.29 is 9.59 Å². The first kappa shape index (κ1) is 21.6. The van der Waals surface area contributed by atoms with Crippen molar-refractivity contribution in [1.82, 2.24) is 19.7 Å². The van der Waals surface area contributed by atoms with Gasteiger partial charge in [0.05, 0.1) is 16.9 Å². The van der Waals surface area contributed by atoms with Crippen LogP contribution in [0.3, 0.4) is 0 Å². The predicted molar refractivity (Wildman–Crippen MR) is 131 cm³/mol. The Morgan fingerprint density at radius 2 is 1.91 bits per heavy atom. The van der Waals surface area contributed by atoms with E-state index < -0.39 is 0 Å². The molecule has 0 saturated heterocycles. The van der Waals surface area contributed by atoms with Crippen molar-refractivity contribution in [2.45, 2.75) is 26.7 Å². The van der Waals surface area contributed by atoms with Crippen LogP contribution in [0.15, 0.2) is 60.9 Å². The SMILES string of the molecule is Cn1ccc(C(=O)Nc2cc(-c3[nH]c4c(c3Nc3ccccc3)C(=O)CC(C)(C)C4)ccn2)n1. The standard InChI is InChI=1S/C26H26N6O2/c1-26(2)14-19-22(20(33)15-26)24(28-17-7-5-4-6-8-17)23(29-19)16-9-11-27-21(13-16)30-25(34)18-10-12-32(3)31-18/h4-13,28-29H,14-15H2,1-3H3,(H,27,30,34). The maximum absolute atomic E-state index is 13.2. The predicted octanol–water partition coefficient (Wildman–Crippen LogP) is 4.96. The number of aromatic amines is 1. The number of hydrogen-bond donors (Lipinski definition) is 3. The van der Waals surface area contributed by atoms with Crippen molar-refractivity contribution >= 4 is 28.9 Å². The molecular formula is C26H26N6O2. The van der Waals surface area contributed by atoms with Crippen LogP contribution in [-0.4, -0.2) is 31.4 Å². The topological polar surface area (TPSA) is 105 Å². The molecule has 8 heteroatoms. The van der Waals surface area contributed by atoms with E-state index in [0.717, 1.165) is 34.7 Å². The molecule has 172 valence electrons. The third kappa shape index (κ3) is 4.22. The summed E-state index contributed by atoms with van der Waals surface area (Å²) in [6, 6.07) is 15.1. The molecule has 0 saturated carbocycles. The number of hydrogen-bond acceptors (Lipinski definition) is 5. The van der Waals surface area contributed by atoms with Crippen LogP contribution in [0.25, 0.3) is 11.3 Å². The molecule has 8 nitrogen and oxygen atoms in total. The smallest absolute Gasteiger partial charge is 0.277 e. The molecule has 3 heterocycles. The molecule has 1 aliphatic carbocycles. The summed E-state index contributed by atoms with van der Waals surface area (Å²) in [5.41, 5.74) is 5.05. The fourth-order valence-electron chi connectivity index (χ4n) is 4.43. The maximum Gasteiger partial charge on any atom is 0.277 e. The summed E-state index contributed by atoms with van der Waals surface area (Å²) in [5, 5.41) is 10.4. The number of aromatic nitrogens is 4. The van der Waals surface area contributed by atoms with Crippen molar-refractivity contribution in [3.05, 3.63) is 77.9 Å². The number of benzene rings is 1. The average Bonchev–Trinajstić information content (AvgIpc) is 3.38. The second kappa shape index (κ2) is 8.30. The summed E-state index contributed by atoms with van der Waals surface area (Å²) in [6.45, 7) is 4.21. The van der Waals surface area contributed by atoms with Crippen molar-refractivity contribution in [3.8, 4) is 11.3 Å². The van der Waals surface area contributed by atoms with Gasteiger partial charge in [-0.05, 0) is 42.2 Å². The number of rotatable bonds is 5. The Morgan fingerprint density at radius 3 is 2.65 bits per heavy atom. The number of fused-ring (bicyclic) bond motifs is 1. The van der Waals surface area contributed by atoms with E-state index in [-0.39, 0.29) is 17.1 Å². The molecular weight excluding hydrogens is 428 g/mol. The molecule has 0 spiro atoms. The second-order valence-corrected chi connectivity index (χ2v) is 9.42. The lowest BCUT2D eigenvalue weighted by molar-refractivity contribution is 0.0912. The van der Waals surface area contributed by atoms with Gasteiger partial charge in [-0.2, -0.15) is 5.10 Å². The highest BCUT2D eigenvalue weighted by molar-refractivity contribution is 6.08. The highest BCUT2D eigenvalue weighted by Crippen LogP contribution is 2.43. The Bertz CT molecular complexity index is 1380. The Hall–Kier alpha value is -4.20. The third-order valence-corrected chi connectivity index (χ3v) is 5.93. The fraction of sp³-hybridized carbons (Fsp3) is 0.231. The minimum absolute atomic E-state index is 0.115. The highest BCUT2D eigenvalue weighted by Gasteiger charge is 2.35. The molecule has 5 rings (SSSR count). The van der Waals surface area contributed by atoms with Gasteiger partial charge in [0.1, 0.15) is 5.82 Å². The largest absolute Gasteiger partial charge is 0.356 e. The second-order valence-electron chi connectivity index (χ2n) is 9.42. The Morgan fingerprint density at radius 1 is 1.12 bits per heavy atom. The highest BCUT2D eigenvalue weighted by atomic mass is 16.2. The van der Waals surface area contributed by atoms with Gasteiger partial charge in [0.25, 0.3) is 5.91 Å². The number of anilines is 3. The molecule has 0 fully saturated rings. The number of carbonyl (C=O) groups is 2. The van der Waals surface area contributed by atoms with Crippen molar-refractivity contribution in [1.29, 1.82) is 0 Å². The summed E-state index contributed by atoms with van der Waals surface area (Å²) in [4.78, 5) is 33.6. The van der Waals surface area contributed by atoms with E-state index in [9.17, 15) is 9.59 Å². The van der Waals surface area contributed by atoms with E-state index in [1.807, 2.05) is 36.4 Å². The molecule has 1 aromatic carbocycles. The molecule has 34 heavy (non-hydrogen) atoms. The fourth-order valence-corrected chi connectivity index (χ4v) is 4.43. The van der Waals surface area contributed by atoms with E-state index in [0.29, 0.717) is 23.5 Å². The molecule has 0 aliphatic heterocycles. The van der Waals surface area contributed by atoms with Gasteiger partial charge >= 0.3 is 0 Å². The number of H-pyrrole nitrogens is 1. The number of Topliss-reactive ketones (excluding diaryl/α,β-unsaturated/α-hetero) is 1. The van der Waals surface area contributed by atoms with Crippen LogP contribution in [-0.2, 0) is 13.5 Å². The van der Waals surface area contributed by atoms with Crippen molar-refractivity contribution in [3.63, 3.8) is 0 Å². The van der Waals surface area contributed by atoms with Crippen LogP contribution in [0.5, 0.6) is 0 Å². The lowest BCUT2D eigenvalue weighted by Crippen LogP contribution is -2.26. The number of nitrogens with zero attached hydrogens (tertiary/aromatic N) is 3. The first-order valence-electron chi connectivity index (χ1n) is 11.2. The maximum atomic E-state index is 13.2. The Labute approximate surface area is 197 Å². The van der Waals surface area contributed by atoms with Crippen molar-refractivity contribution in [2.24, 2.45) is 12.5 Å². The molecule has 1 amide bonds. The molecule has 0 unspecified atom stereocenters. The third-order valence-electron chi connectivity index (χ3n) is 5.93. The monoisotopic (exact) mass is 454 g/mol. The molecule has 3 aromatic heterocycles. The molecule has 3 N–H and O–H groups in total. The summed E-state index contributed by atoms with van der Waals surface area (Å²) < 4.78 is 1.57. The summed E-state index contributed by atoms with van der Waals surface area (Å²) in [6.07, 6.45) is 4.61. The number of carbonyl (C=O) groups excluding carboxylic acids is 2. The first-order chi connectivity index (χ1) is 16.3. The number of pyridine rings is 1. The van der Waals surface area contributed by atoms with Gasteiger partial charge in [0.2, 0.25) is 0 Å². The van der Waals surface area contributed by atoms with Gasteiger partial charge in [0.15, 0.2) is 11.5 Å². The van der Waals surface area contributed by atoms with Gasteiger partial charge in [-0.3, -0.25) is 14.3 Å². The molecule has 0 bridgehead atoms. The molecule has 0 atom stereocenters.